The molecule has 18 heavy (non-hydrogen) atoms. The van der Waals surface area contributed by atoms with Crippen molar-refractivity contribution in [3.05, 3.63) is 0 Å². The molecule has 0 aromatic heterocycles. The minimum atomic E-state index is -0.253. The molecule has 0 N–H and O–H groups in total. The molecule has 0 aliphatic carbocycles. The molecule has 0 amide bonds. The van der Waals surface area contributed by atoms with Gasteiger partial charge in [-0.3, -0.25) is 4.79 Å². The minimum absolute atomic E-state index is 0.137. The second-order valence-corrected chi connectivity index (χ2v) is 5.55. The zero-order valence-electron chi connectivity index (χ0n) is 11.8. The number of hydrogen-bond donors (Lipinski definition) is 0. The van der Waals surface area contributed by atoms with E-state index >= 15 is 0 Å². The van der Waals surface area contributed by atoms with Gasteiger partial charge in [0.25, 0.3) is 0 Å². The Morgan fingerprint density at radius 2 is 2.00 bits per heavy atom. The van der Waals surface area contributed by atoms with E-state index in [1.807, 2.05) is 13.8 Å². The normalized spacial score (nSPS) is 16.1. The molecule has 3 atom stereocenters. The number of hydrogen-bond acceptors (Lipinski definition) is 4. The van der Waals surface area contributed by atoms with Gasteiger partial charge in [-0.25, -0.2) is 0 Å². The Kier molecular flexibility index (Phi) is 11.1. The highest BCUT2D eigenvalue weighted by Gasteiger charge is 2.27. The van der Waals surface area contributed by atoms with E-state index in [1.54, 1.807) is 7.11 Å². The zero-order chi connectivity index (χ0) is 14.0. The average molecular weight is 372 g/mol. The number of esters is 1. The molecule has 0 unspecified atom stereocenters. The summed E-state index contributed by atoms with van der Waals surface area (Å²) < 4.78 is 16.7. The molecular formula is C13H25IO4. The Labute approximate surface area is 124 Å². The molecule has 0 fully saturated rings. The van der Waals surface area contributed by atoms with Crippen molar-refractivity contribution < 1.29 is 19.0 Å². The number of alkyl halides is 1. The smallest absolute Gasteiger partial charge is 0.311 e. The fourth-order valence-corrected chi connectivity index (χ4v) is 2.76. The Morgan fingerprint density at radius 3 is 2.50 bits per heavy atom. The molecule has 0 radical (unpaired) electrons. The average Bonchev–Trinajstić information content (AvgIpc) is 2.34. The van der Waals surface area contributed by atoms with E-state index in [0.717, 1.165) is 17.3 Å². The lowest BCUT2D eigenvalue weighted by atomic mass is 9.93. The summed E-state index contributed by atoms with van der Waals surface area (Å²) in [4.78, 5) is 11.7. The highest BCUT2D eigenvalue weighted by atomic mass is 127. The maximum Gasteiger partial charge on any atom is 0.311 e. The van der Waals surface area contributed by atoms with Gasteiger partial charge in [-0.05, 0) is 37.0 Å². The molecule has 0 saturated heterocycles. The van der Waals surface area contributed by atoms with Crippen LogP contribution in [0.1, 0.15) is 33.6 Å². The first-order chi connectivity index (χ1) is 8.56. The van der Waals surface area contributed by atoms with Crippen LogP contribution in [0.15, 0.2) is 0 Å². The van der Waals surface area contributed by atoms with Crippen LogP contribution in [0.4, 0.5) is 0 Å². The molecule has 0 heterocycles. The Bertz CT molecular complexity index is 223. The van der Waals surface area contributed by atoms with Crippen LogP contribution in [-0.2, 0) is 19.0 Å². The maximum absolute atomic E-state index is 11.7. The number of halogens is 1. The van der Waals surface area contributed by atoms with Crippen LogP contribution in [0.25, 0.3) is 0 Å². The lowest BCUT2D eigenvalue weighted by Gasteiger charge is -2.25. The number of carbonyl (C=O) groups is 1. The lowest BCUT2D eigenvalue weighted by Crippen LogP contribution is -2.32. The number of rotatable bonds is 10. The summed E-state index contributed by atoms with van der Waals surface area (Å²) in [6.45, 7) is 6.47. The molecule has 0 aromatic rings. The van der Waals surface area contributed by atoms with E-state index in [0.29, 0.717) is 12.5 Å². The largest absolute Gasteiger partial charge is 0.466 e. The standard InChI is InChI=1S/C13H25IO4/c1-5-17-13(15)11(3)12(18-9-16-4)8-10(2)6-7-14/h10-12H,5-9H2,1-4H3/t10-,11+,12+/m0/s1. The summed E-state index contributed by atoms with van der Waals surface area (Å²) in [5.74, 6) is 0.0812. The van der Waals surface area contributed by atoms with Crippen LogP contribution in [0.2, 0.25) is 0 Å². The van der Waals surface area contributed by atoms with Crippen LogP contribution in [0, 0.1) is 11.8 Å². The molecule has 0 saturated carbocycles. The van der Waals surface area contributed by atoms with E-state index in [4.69, 9.17) is 14.2 Å². The van der Waals surface area contributed by atoms with Crippen molar-refractivity contribution >= 4 is 28.6 Å². The highest BCUT2D eigenvalue weighted by Crippen LogP contribution is 2.21. The van der Waals surface area contributed by atoms with Gasteiger partial charge in [0.15, 0.2) is 0 Å². The molecule has 0 rings (SSSR count). The minimum Gasteiger partial charge on any atom is -0.466 e. The van der Waals surface area contributed by atoms with Crippen LogP contribution < -0.4 is 0 Å². The van der Waals surface area contributed by atoms with Gasteiger partial charge in [-0.2, -0.15) is 0 Å². The first-order valence-corrected chi connectivity index (χ1v) is 7.92. The first kappa shape index (κ1) is 18.1. The van der Waals surface area contributed by atoms with Gasteiger partial charge in [0.1, 0.15) is 6.79 Å². The number of carbonyl (C=O) groups excluding carboxylic acids is 1. The van der Waals surface area contributed by atoms with Gasteiger partial charge >= 0.3 is 5.97 Å². The second-order valence-electron chi connectivity index (χ2n) is 4.47. The Balaban J connectivity index is 4.40. The van der Waals surface area contributed by atoms with Crippen LogP contribution in [0.3, 0.4) is 0 Å². The third kappa shape index (κ3) is 7.53. The van der Waals surface area contributed by atoms with Gasteiger partial charge in [0.2, 0.25) is 0 Å². The van der Waals surface area contributed by atoms with Crippen molar-refractivity contribution in [1.82, 2.24) is 0 Å². The van der Waals surface area contributed by atoms with Crippen LogP contribution in [-0.4, -0.2) is 37.0 Å². The van der Waals surface area contributed by atoms with E-state index in [9.17, 15) is 4.79 Å². The molecular weight excluding hydrogens is 347 g/mol. The maximum atomic E-state index is 11.7. The first-order valence-electron chi connectivity index (χ1n) is 6.39. The zero-order valence-corrected chi connectivity index (χ0v) is 13.9. The topological polar surface area (TPSA) is 44.8 Å². The van der Waals surface area contributed by atoms with E-state index in [2.05, 4.69) is 29.5 Å². The molecule has 0 bridgehead atoms. The van der Waals surface area contributed by atoms with Crippen molar-refractivity contribution in [2.24, 2.45) is 11.8 Å². The Hall–Kier alpha value is 0.120. The summed E-state index contributed by atoms with van der Waals surface area (Å²) in [6.07, 6.45) is 1.84. The van der Waals surface area contributed by atoms with Crippen molar-refractivity contribution in [3.63, 3.8) is 0 Å². The Morgan fingerprint density at radius 1 is 1.33 bits per heavy atom. The van der Waals surface area contributed by atoms with Crippen molar-refractivity contribution in [2.45, 2.75) is 39.7 Å². The summed E-state index contributed by atoms with van der Waals surface area (Å²) in [7, 11) is 1.58. The van der Waals surface area contributed by atoms with E-state index in [-0.39, 0.29) is 24.8 Å². The SMILES string of the molecule is CCOC(=O)[C@H](C)[C@@H](C[C@@H](C)CCI)OCOC. The second kappa shape index (κ2) is 11.0. The van der Waals surface area contributed by atoms with Gasteiger partial charge in [0.05, 0.1) is 18.6 Å². The molecule has 5 heteroatoms. The monoisotopic (exact) mass is 372 g/mol. The van der Waals surface area contributed by atoms with E-state index in [1.165, 1.54) is 0 Å². The molecule has 0 aromatic carbocycles. The molecule has 4 nitrogen and oxygen atoms in total. The van der Waals surface area contributed by atoms with Crippen LogP contribution >= 0.6 is 22.6 Å². The van der Waals surface area contributed by atoms with Crippen molar-refractivity contribution in [2.75, 3.05) is 24.9 Å². The predicted molar refractivity (Wildman–Crippen MR) is 79.8 cm³/mol. The quantitative estimate of drug-likeness (QED) is 0.256. The van der Waals surface area contributed by atoms with Gasteiger partial charge in [0, 0.05) is 7.11 Å². The van der Waals surface area contributed by atoms with Crippen LogP contribution in [0.5, 0.6) is 0 Å². The molecule has 0 aliphatic rings. The highest BCUT2D eigenvalue weighted by molar-refractivity contribution is 14.1. The van der Waals surface area contributed by atoms with Crippen molar-refractivity contribution in [3.8, 4) is 0 Å². The fraction of sp³-hybridized carbons (Fsp3) is 0.923. The predicted octanol–water partition coefficient (Wildman–Crippen LogP) is 3.03. The third-order valence-electron chi connectivity index (χ3n) is 2.85. The number of methoxy groups -OCH3 is 1. The number of ether oxygens (including phenoxy) is 3. The summed E-state index contributed by atoms with van der Waals surface area (Å²) in [5.41, 5.74) is 0. The molecule has 0 spiro atoms. The fourth-order valence-electron chi connectivity index (χ4n) is 1.70. The van der Waals surface area contributed by atoms with Crippen molar-refractivity contribution in [1.29, 1.82) is 0 Å². The summed E-state index contributed by atoms with van der Waals surface area (Å²) in [6, 6.07) is 0. The van der Waals surface area contributed by atoms with Gasteiger partial charge in [-0.15, -0.1) is 0 Å². The summed E-state index contributed by atoms with van der Waals surface area (Å²) >= 11 is 2.37. The van der Waals surface area contributed by atoms with E-state index < -0.39 is 0 Å². The van der Waals surface area contributed by atoms with Gasteiger partial charge < -0.3 is 14.2 Å². The molecule has 108 valence electrons. The summed E-state index contributed by atoms with van der Waals surface area (Å²) in [5, 5.41) is 0. The molecule has 0 aliphatic heterocycles. The lowest BCUT2D eigenvalue weighted by molar-refractivity contribution is -0.158. The van der Waals surface area contributed by atoms with Gasteiger partial charge in [-0.1, -0.05) is 29.5 Å². The third-order valence-corrected chi connectivity index (χ3v) is 3.48.